The molecule has 0 saturated heterocycles. The largest absolute Gasteiger partial charge is 0.449 e. The third-order valence-corrected chi connectivity index (χ3v) is 5.36. The summed E-state index contributed by atoms with van der Waals surface area (Å²) < 4.78 is 9.49. The minimum atomic E-state index is 0.962. The van der Waals surface area contributed by atoms with E-state index in [1.54, 1.807) is 11.3 Å². The Morgan fingerprint density at radius 2 is 2.18 bits per heavy atom. The van der Waals surface area contributed by atoms with Crippen molar-refractivity contribution in [2.75, 3.05) is 0 Å². The van der Waals surface area contributed by atoms with Crippen LogP contribution >= 0.6 is 22.7 Å². The molecule has 3 aromatic heterocycles. The van der Waals surface area contributed by atoms with Crippen LogP contribution in [0, 0.1) is 6.92 Å². The molecule has 4 rings (SSSR count). The first kappa shape index (κ1) is 9.62. The van der Waals surface area contributed by atoms with E-state index < -0.39 is 0 Å². The van der Waals surface area contributed by atoms with Gasteiger partial charge in [0.25, 0.3) is 5.69 Å². The van der Waals surface area contributed by atoms with Crippen molar-refractivity contribution in [1.82, 2.24) is 0 Å². The first-order chi connectivity index (χ1) is 8.25. The summed E-state index contributed by atoms with van der Waals surface area (Å²) in [5, 5.41) is 3.41. The predicted molar refractivity (Wildman–Crippen MR) is 71.1 cm³/mol. The zero-order valence-electron chi connectivity index (χ0n) is 9.48. The number of fused-ring (bicyclic) bond motifs is 2. The van der Waals surface area contributed by atoms with E-state index in [9.17, 15) is 0 Å². The maximum Gasteiger partial charge on any atom is 0.257 e. The molecule has 4 heterocycles. The van der Waals surface area contributed by atoms with E-state index in [1.165, 1.54) is 25.5 Å². The summed E-state index contributed by atoms with van der Waals surface area (Å²) in [4.78, 5) is 1.37. The molecule has 0 amide bonds. The third-order valence-electron chi connectivity index (χ3n) is 3.17. The highest BCUT2D eigenvalue weighted by molar-refractivity contribution is 7.38. The molecule has 17 heavy (non-hydrogen) atoms. The van der Waals surface area contributed by atoms with Crippen molar-refractivity contribution >= 4 is 32.1 Å². The summed E-state index contributed by atoms with van der Waals surface area (Å²) in [5.41, 5.74) is 2.55. The van der Waals surface area contributed by atoms with Gasteiger partial charge in [-0.1, -0.05) is 0 Å². The van der Waals surface area contributed by atoms with Crippen LogP contribution < -0.4 is 9.30 Å². The normalized spacial score (nSPS) is 12.6. The van der Waals surface area contributed by atoms with Gasteiger partial charge in [-0.25, -0.2) is 0 Å². The number of aryl methyl sites for hydroxylation is 2. The maximum atomic E-state index is 5.98. The van der Waals surface area contributed by atoms with Crippen molar-refractivity contribution in [1.29, 1.82) is 0 Å². The van der Waals surface area contributed by atoms with Crippen LogP contribution in [0.15, 0.2) is 23.7 Å². The van der Waals surface area contributed by atoms with Gasteiger partial charge in [0.05, 0.1) is 15.0 Å². The smallest absolute Gasteiger partial charge is 0.257 e. The lowest BCUT2D eigenvalue weighted by molar-refractivity contribution is -0.660. The SMILES string of the molecule is Cc1sc2scc3c2c1-c1c(ccc[n+]1C)O3. The Morgan fingerprint density at radius 3 is 3.06 bits per heavy atom. The molecule has 0 unspecified atom stereocenters. The van der Waals surface area contributed by atoms with Crippen molar-refractivity contribution in [3.63, 3.8) is 0 Å². The first-order valence-electron chi connectivity index (χ1n) is 5.43. The molecule has 4 heteroatoms. The summed E-state index contributed by atoms with van der Waals surface area (Å²) in [6, 6.07) is 4.06. The number of rotatable bonds is 0. The summed E-state index contributed by atoms with van der Waals surface area (Å²) in [7, 11) is 2.07. The molecule has 0 aliphatic carbocycles. The third kappa shape index (κ3) is 1.12. The van der Waals surface area contributed by atoms with Crippen molar-refractivity contribution in [3.05, 3.63) is 28.6 Å². The highest BCUT2D eigenvalue weighted by Crippen LogP contribution is 2.52. The highest BCUT2D eigenvalue weighted by Gasteiger charge is 2.31. The lowest BCUT2D eigenvalue weighted by atomic mass is 10.1. The van der Waals surface area contributed by atoms with Gasteiger partial charge in [0.15, 0.2) is 11.9 Å². The summed E-state index contributed by atoms with van der Waals surface area (Å²) in [6.07, 6.45) is 2.07. The molecule has 2 nitrogen and oxygen atoms in total. The van der Waals surface area contributed by atoms with Crippen LogP contribution in [-0.2, 0) is 7.05 Å². The Morgan fingerprint density at radius 1 is 1.29 bits per heavy atom. The monoisotopic (exact) mass is 260 g/mol. The van der Waals surface area contributed by atoms with Crippen LogP contribution in [-0.4, -0.2) is 0 Å². The Balaban J connectivity index is 2.24. The lowest BCUT2D eigenvalue weighted by Gasteiger charge is -2.13. The van der Waals surface area contributed by atoms with Gasteiger partial charge >= 0.3 is 0 Å². The van der Waals surface area contributed by atoms with Crippen molar-refractivity contribution in [3.8, 4) is 22.8 Å². The van der Waals surface area contributed by atoms with Crippen molar-refractivity contribution in [2.45, 2.75) is 6.92 Å². The van der Waals surface area contributed by atoms with Gasteiger partial charge in [-0.15, -0.1) is 22.7 Å². The van der Waals surface area contributed by atoms with Crippen LogP contribution in [0.1, 0.15) is 4.88 Å². The molecule has 0 bridgehead atoms. The maximum absolute atomic E-state index is 5.98. The standard InChI is InChI=1S/C13H10NOS2/c1-7-10-11-9(6-16-13(11)17-7)15-8-4-3-5-14(2)12(8)10/h3-6H,1-2H3/q+1. The highest BCUT2D eigenvalue weighted by atomic mass is 32.2. The Hall–Kier alpha value is -1.39. The minimum Gasteiger partial charge on any atom is -0.449 e. The number of hydrogen-bond acceptors (Lipinski definition) is 3. The van der Waals surface area contributed by atoms with Gasteiger partial charge in [-0.2, -0.15) is 4.57 Å². The number of thiophene rings is 2. The number of ether oxygens (including phenoxy) is 1. The molecule has 1 aliphatic heterocycles. The van der Waals surface area contributed by atoms with E-state index in [4.69, 9.17) is 4.74 Å². The Bertz CT molecular complexity index is 754. The molecule has 0 aromatic carbocycles. The minimum absolute atomic E-state index is 0.962. The second-order valence-electron chi connectivity index (χ2n) is 4.23. The van der Waals surface area contributed by atoms with Gasteiger partial charge < -0.3 is 4.74 Å². The van der Waals surface area contributed by atoms with Gasteiger partial charge in [0.1, 0.15) is 12.8 Å². The van der Waals surface area contributed by atoms with E-state index in [2.05, 4.69) is 30.1 Å². The lowest BCUT2D eigenvalue weighted by Crippen LogP contribution is -2.31. The molecule has 0 N–H and O–H groups in total. The fourth-order valence-electron chi connectivity index (χ4n) is 2.44. The van der Waals surface area contributed by atoms with E-state index in [0.29, 0.717) is 0 Å². The first-order valence-corrected chi connectivity index (χ1v) is 7.13. The molecule has 0 fully saturated rings. The molecular formula is C13H10NOS2+. The second kappa shape index (κ2) is 3.09. The number of aromatic nitrogens is 1. The second-order valence-corrected chi connectivity index (χ2v) is 6.59. The van der Waals surface area contributed by atoms with Crippen LogP contribution in [0.5, 0.6) is 11.5 Å². The molecule has 0 saturated carbocycles. The number of hydrogen-bond donors (Lipinski definition) is 0. The quantitative estimate of drug-likeness (QED) is 0.437. The van der Waals surface area contributed by atoms with E-state index in [0.717, 1.165) is 11.5 Å². The van der Waals surface area contributed by atoms with Crippen LogP contribution in [0.3, 0.4) is 0 Å². The zero-order valence-corrected chi connectivity index (χ0v) is 11.1. The molecule has 3 aromatic rings. The molecule has 0 atom stereocenters. The molecule has 0 radical (unpaired) electrons. The van der Waals surface area contributed by atoms with Gasteiger partial charge in [0, 0.05) is 16.3 Å². The molecular weight excluding hydrogens is 250 g/mol. The topological polar surface area (TPSA) is 13.1 Å². The fraction of sp³-hybridized carbons (Fsp3) is 0.154. The van der Waals surface area contributed by atoms with E-state index >= 15 is 0 Å². The van der Waals surface area contributed by atoms with Crippen molar-refractivity contribution < 1.29 is 9.30 Å². The Kier molecular flexibility index (Phi) is 1.75. The average Bonchev–Trinajstić information content (AvgIpc) is 2.84. The predicted octanol–water partition coefficient (Wildman–Crippen LogP) is 3.87. The summed E-state index contributed by atoms with van der Waals surface area (Å²) in [5.74, 6) is 1.98. The number of pyridine rings is 1. The van der Waals surface area contributed by atoms with Gasteiger partial charge in [-0.05, 0) is 13.0 Å². The molecule has 84 valence electrons. The van der Waals surface area contributed by atoms with E-state index in [1.807, 2.05) is 23.5 Å². The van der Waals surface area contributed by atoms with E-state index in [-0.39, 0.29) is 0 Å². The average molecular weight is 260 g/mol. The van der Waals surface area contributed by atoms with Gasteiger partial charge in [0.2, 0.25) is 0 Å². The Labute approximate surface area is 107 Å². The summed E-state index contributed by atoms with van der Waals surface area (Å²) in [6.45, 7) is 2.19. The molecule has 1 aliphatic rings. The van der Waals surface area contributed by atoms with Crippen LogP contribution in [0.2, 0.25) is 0 Å². The summed E-state index contributed by atoms with van der Waals surface area (Å²) >= 11 is 3.64. The number of nitrogens with zero attached hydrogens (tertiary/aromatic N) is 1. The fourth-order valence-corrected chi connectivity index (χ4v) is 4.74. The van der Waals surface area contributed by atoms with Gasteiger partial charge in [-0.3, -0.25) is 0 Å². The molecule has 0 spiro atoms. The van der Waals surface area contributed by atoms with Crippen molar-refractivity contribution in [2.24, 2.45) is 7.05 Å². The van der Waals surface area contributed by atoms with Crippen LogP contribution in [0.4, 0.5) is 0 Å². The van der Waals surface area contributed by atoms with Crippen LogP contribution in [0.25, 0.3) is 20.7 Å². The zero-order chi connectivity index (χ0) is 11.6.